The van der Waals surface area contributed by atoms with Crippen molar-refractivity contribution >= 4 is 11.9 Å². The molecule has 148 valence electrons. The van der Waals surface area contributed by atoms with Crippen molar-refractivity contribution in [2.45, 2.75) is 63.5 Å². The molecule has 1 aliphatic rings. The topological polar surface area (TPSA) is 77.8 Å². The lowest BCUT2D eigenvalue weighted by Crippen LogP contribution is -2.33. The van der Waals surface area contributed by atoms with Gasteiger partial charge in [0.25, 0.3) is 0 Å². The van der Waals surface area contributed by atoms with Crippen molar-refractivity contribution in [1.29, 1.82) is 0 Å². The molecule has 1 aromatic carbocycles. The number of carbonyl (C=O) groups excluding carboxylic acids is 1. The lowest BCUT2D eigenvalue weighted by Gasteiger charge is -2.24. The average Bonchev–Trinajstić information content (AvgIpc) is 2.98. The molecule has 1 saturated heterocycles. The molecule has 1 fully saturated rings. The van der Waals surface area contributed by atoms with E-state index in [1.165, 1.54) is 12.1 Å². The second-order valence-corrected chi connectivity index (χ2v) is 7.06. The minimum Gasteiger partial charge on any atom is -0.481 e. The Morgan fingerprint density at radius 1 is 1.30 bits per heavy atom. The fourth-order valence-electron chi connectivity index (χ4n) is 3.40. The van der Waals surface area contributed by atoms with Gasteiger partial charge in [0.1, 0.15) is 5.82 Å². The molecule has 6 heteroatoms. The molecule has 5 nitrogen and oxygen atoms in total. The monoisotopic (exact) mass is 377 g/mol. The number of carbonyl (C=O) groups is 2. The van der Waals surface area contributed by atoms with E-state index in [-0.39, 0.29) is 24.2 Å². The van der Waals surface area contributed by atoms with Crippen molar-refractivity contribution in [2.24, 2.45) is 0 Å². The molecule has 27 heavy (non-hydrogen) atoms. The highest BCUT2D eigenvalue weighted by Crippen LogP contribution is 2.23. The molecular formula is C21H28FNO4. The predicted octanol–water partition coefficient (Wildman–Crippen LogP) is 3.31. The van der Waals surface area contributed by atoms with E-state index in [9.17, 15) is 19.1 Å². The second-order valence-electron chi connectivity index (χ2n) is 7.06. The first-order valence-electron chi connectivity index (χ1n) is 9.54. The van der Waals surface area contributed by atoms with Crippen molar-refractivity contribution in [3.63, 3.8) is 0 Å². The Kier molecular flexibility index (Phi) is 8.45. The number of nitrogens with zero attached hydrogens (tertiary/aromatic N) is 1. The maximum Gasteiger partial charge on any atom is 0.303 e. The first-order chi connectivity index (χ1) is 13.0. The Balaban J connectivity index is 1.73. The van der Waals surface area contributed by atoms with Crippen molar-refractivity contribution in [2.75, 3.05) is 6.54 Å². The lowest BCUT2D eigenvalue weighted by molar-refractivity contribution is -0.137. The molecule has 1 aromatic rings. The highest BCUT2D eigenvalue weighted by atomic mass is 19.1. The van der Waals surface area contributed by atoms with Crippen LogP contribution in [0.2, 0.25) is 0 Å². The quantitative estimate of drug-likeness (QED) is 0.458. The van der Waals surface area contributed by atoms with Gasteiger partial charge in [0, 0.05) is 25.4 Å². The Bertz CT molecular complexity index is 644. The number of unbranched alkanes of at least 4 members (excludes halogenated alkanes) is 1. The van der Waals surface area contributed by atoms with E-state index in [4.69, 9.17) is 5.11 Å². The molecule has 0 unspecified atom stereocenters. The number of likely N-dealkylation sites (tertiary alicyclic amines) is 1. The van der Waals surface area contributed by atoms with Crippen LogP contribution in [0.25, 0.3) is 0 Å². The number of halogens is 1. The summed E-state index contributed by atoms with van der Waals surface area (Å²) in [5, 5.41) is 18.9. The molecule has 1 aliphatic heterocycles. The molecule has 0 bridgehead atoms. The molecule has 0 saturated carbocycles. The van der Waals surface area contributed by atoms with Gasteiger partial charge in [-0.2, -0.15) is 0 Å². The summed E-state index contributed by atoms with van der Waals surface area (Å²) in [5.41, 5.74) is 0.896. The fourth-order valence-corrected chi connectivity index (χ4v) is 3.40. The number of carboxylic acid groups (broad SMARTS) is 1. The molecular weight excluding hydrogens is 349 g/mol. The summed E-state index contributed by atoms with van der Waals surface area (Å²) in [5.74, 6) is -0.954. The van der Waals surface area contributed by atoms with Gasteiger partial charge in [0.15, 0.2) is 0 Å². The summed E-state index contributed by atoms with van der Waals surface area (Å²) in [6, 6.07) is 6.27. The zero-order chi connectivity index (χ0) is 19.6. The summed E-state index contributed by atoms with van der Waals surface area (Å²) in [6.45, 7) is 0.532. The van der Waals surface area contributed by atoms with E-state index in [2.05, 4.69) is 0 Å². The summed E-state index contributed by atoms with van der Waals surface area (Å²) >= 11 is 0. The van der Waals surface area contributed by atoms with Gasteiger partial charge in [-0.15, -0.1) is 0 Å². The third kappa shape index (κ3) is 7.51. The molecule has 1 amide bonds. The van der Waals surface area contributed by atoms with Crippen LogP contribution in [0, 0.1) is 5.82 Å². The number of benzene rings is 1. The van der Waals surface area contributed by atoms with E-state index >= 15 is 0 Å². The van der Waals surface area contributed by atoms with Crippen molar-refractivity contribution in [3.05, 3.63) is 47.8 Å². The number of aliphatic hydroxyl groups excluding tert-OH is 1. The minimum absolute atomic E-state index is 0.128. The van der Waals surface area contributed by atoms with Crippen LogP contribution in [-0.2, 0) is 16.0 Å². The van der Waals surface area contributed by atoms with Crippen molar-refractivity contribution in [1.82, 2.24) is 4.90 Å². The normalized spacial score (nSPS) is 18.4. The summed E-state index contributed by atoms with van der Waals surface area (Å²) in [7, 11) is 0. The zero-order valence-corrected chi connectivity index (χ0v) is 15.5. The third-order valence-electron chi connectivity index (χ3n) is 4.90. The lowest BCUT2D eigenvalue weighted by atomic mass is 10.0. The number of hydrogen-bond acceptors (Lipinski definition) is 3. The van der Waals surface area contributed by atoms with Crippen LogP contribution >= 0.6 is 0 Å². The molecule has 2 N–H and O–H groups in total. The van der Waals surface area contributed by atoms with E-state index in [1.807, 2.05) is 17.1 Å². The van der Waals surface area contributed by atoms with Gasteiger partial charge in [0.05, 0.1) is 6.10 Å². The second kappa shape index (κ2) is 10.8. The maximum atomic E-state index is 12.9. The average molecular weight is 377 g/mol. The molecule has 2 atom stereocenters. The third-order valence-corrected chi connectivity index (χ3v) is 4.90. The van der Waals surface area contributed by atoms with Crippen LogP contribution in [-0.4, -0.2) is 45.7 Å². The van der Waals surface area contributed by atoms with Crippen molar-refractivity contribution in [3.8, 4) is 0 Å². The van der Waals surface area contributed by atoms with Crippen LogP contribution in [0.1, 0.15) is 50.5 Å². The number of amides is 1. The molecule has 0 radical (unpaired) electrons. The Labute approximate surface area is 159 Å². The Hall–Kier alpha value is -2.21. The van der Waals surface area contributed by atoms with Crippen LogP contribution < -0.4 is 0 Å². The van der Waals surface area contributed by atoms with Crippen LogP contribution in [0.4, 0.5) is 4.39 Å². The minimum atomic E-state index is -0.794. The first-order valence-corrected chi connectivity index (χ1v) is 9.54. The molecule has 0 aromatic heterocycles. The number of aliphatic hydroxyl groups is 1. The maximum absolute atomic E-state index is 12.9. The fraction of sp³-hybridized carbons (Fsp3) is 0.524. The molecule has 0 spiro atoms. The van der Waals surface area contributed by atoms with E-state index in [1.54, 1.807) is 12.1 Å². The van der Waals surface area contributed by atoms with Gasteiger partial charge < -0.3 is 15.1 Å². The van der Waals surface area contributed by atoms with Crippen LogP contribution in [0.5, 0.6) is 0 Å². The van der Waals surface area contributed by atoms with Gasteiger partial charge in [-0.1, -0.05) is 24.3 Å². The number of aliphatic carboxylic acids is 1. The largest absolute Gasteiger partial charge is 0.481 e. The van der Waals surface area contributed by atoms with Gasteiger partial charge in [-0.25, -0.2) is 4.39 Å². The standard InChI is InChI=1S/C21H28FNO4/c22-17-8-6-16(7-9-17)15-19(24)12-10-18-11-13-20(25)23(18)14-4-2-1-3-5-21(26)27/h2,4,6-9,18-19,24H,1,3,5,10-15H2,(H,26,27)/b4-2-/t18-,19+/m0/s1. The number of hydrogen-bond donors (Lipinski definition) is 2. The SMILES string of the molecule is O=C(O)CCC/C=C\CN1C(=O)CC[C@@H]1CC[C@@H](O)Cc1ccc(F)cc1. The van der Waals surface area contributed by atoms with Gasteiger partial charge >= 0.3 is 5.97 Å². The smallest absolute Gasteiger partial charge is 0.303 e. The van der Waals surface area contributed by atoms with Gasteiger partial charge in [-0.05, 0) is 56.2 Å². The predicted molar refractivity (Wildman–Crippen MR) is 101 cm³/mol. The Morgan fingerprint density at radius 3 is 2.74 bits per heavy atom. The highest BCUT2D eigenvalue weighted by molar-refractivity contribution is 5.78. The molecule has 2 rings (SSSR count). The van der Waals surface area contributed by atoms with Gasteiger partial charge in [0.2, 0.25) is 5.91 Å². The van der Waals surface area contributed by atoms with Crippen LogP contribution in [0.3, 0.4) is 0 Å². The van der Waals surface area contributed by atoms with Crippen LogP contribution in [0.15, 0.2) is 36.4 Å². The van der Waals surface area contributed by atoms with E-state index < -0.39 is 12.1 Å². The van der Waals surface area contributed by atoms with E-state index in [0.717, 1.165) is 18.4 Å². The van der Waals surface area contributed by atoms with Crippen molar-refractivity contribution < 1.29 is 24.2 Å². The number of allylic oxidation sites excluding steroid dienone is 1. The Morgan fingerprint density at radius 2 is 2.04 bits per heavy atom. The summed E-state index contributed by atoms with van der Waals surface area (Å²) in [4.78, 5) is 24.4. The zero-order valence-electron chi connectivity index (χ0n) is 15.5. The number of carboxylic acids is 1. The summed E-state index contributed by atoms with van der Waals surface area (Å²) < 4.78 is 12.9. The number of rotatable bonds is 11. The summed E-state index contributed by atoms with van der Waals surface area (Å²) in [6.07, 6.45) is 7.91. The first kappa shape index (κ1) is 21.1. The highest BCUT2D eigenvalue weighted by Gasteiger charge is 2.29. The van der Waals surface area contributed by atoms with E-state index in [0.29, 0.717) is 38.6 Å². The molecule has 0 aliphatic carbocycles. The van der Waals surface area contributed by atoms with Gasteiger partial charge in [-0.3, -0.25) is 9.59 Å². The molecule has 1 heterocycles.